The second-order valence-electron chi connectivity index (χ2n) is 6.40. The van der Waals surface area contributed by atoms with Crippen LogP contribution in [0.4, 0.5) is 5.82 Å². The van der Waals surface area contributed by atoms with Gasteiger partial charge in [0.1, 0.15) is 29.9 Å². The van der Waals surface area contributed by atoms with Crippen molar-refractivity contribution in [1.82, 2.24) is 9.78 Å². The number of aromatic nitrogens is 2. The van der Waals surface area contributed by atoms with Crippen LogP contribution in [0, 0.1) is 25.2 Å². The van der Waals surface area contributed by atoms with Crippen LogP contribution in [-0.4, -0.2) is 22.3 Å². The Balaban J connectivity index is 1.86. The highest BCUT2D eigenvalue weighted by atomic mass is 16.5. The molecule has 0 saturated heterocycles. The molecular weight excluding hydrogens is 304 g/mol. The van der Waals surface area contributed by atoms with Crippen molar-refractivity contribution in [2.45, 2.75) is 39.7 Å². The highest BCUT2D eigenvalue weighted by Crippen LogP contribution is 2.36. The van der Waals surface area contributed by atoms with Gasteiger partial charge in [-0.05, 0) is 44.9 Å². The Labute approximate surface area is 141 Å². The maximum atomic E-state index is 12.7. The molecule has 0 aliphatic carbocycles. The molecule has 1 N–H and O–H groups in total. The average Bonchev–Trinajstić information content (AvgIpc) is 3.11. The summed E-state index contributed by atoms with van der Waals surface area (Å²) in [5, 5.41) is 16.3. The lowest BCUT2D eigenvalue weighted by Crippen LogP contribution is -2.23. The molecule has 6 nitrogen and oxygen atoms in total. The van der Waals surface area contributed by atoms with Gasteiger partial charge in [-0.2, -0.15) is 10.4 Å². The van der Waals surface area contributed by atoms with Gasteiger partial charge in [-0.15, -0.1) is 0 Å². The third-order valence-corrected chi connectivity index (χ3v) is 4.35. The summed E-state index contributed by atoms with van der Waals surface area (Å²) >= 11 is 0. The van der Waals surface area contributed by atoms with Gasteiger partial charge in [0, 0.05) is 17.8 Å². The number of amides is 1. The van der Waals surface area contributed by atoms with Crippen LogP contribution in [0.25, 0.3) is 0 Å². The number of carbonyl (C=O) groups is 1. The fourth-order valence-electron chi connectivity index (χ4n) is 2.72. The van der Waals surface area contributed by atoms with Crippen LogP contribution in [0.1, 0.15) is 48.1 Å². The molecule has 0 radical (unpaired) electrons. The molecule has 6 heteroatoms. The summed E-state index contributed by atoms with van der Waals surface area (Å²) in [7, 11) is 0. The smallest absolute Gasteiger partial charge is 0.236 e. The van der Waals surface area contributed by atoms with Crippen LogP contribution in [0.2, 0.25) is 0 Å². The average molecular weight is 324 g/mol. The van der Waals surface area contributed by atoms with Gasteiger partial charge in [0.05, 0.1) is 0 Å². The minimum absolute atomic E-state index is 0.115. The van der Waals surface area contributed by atoms with Gasteiger partial charge in [-0.1, -0.05) is 6.07 Å². The molecule has 1 aromatic heterocycles. The predicted octanol–water partition coefficient (Wildman–Crippen LogP) is 3.07. The first-order chi connectivity index (χ1) is 11.4. The molecular formula is C18H20N4O2. The number of benzene rings is 1. The maximum absolute atomic E-state index is 12.7. The summed E-state index contributed by atoms with van der Waals surface area (Å²) < 4.78 is 7.32. The van der Waals surface area contributed by atoms with Crippen LogP contribution in [0.3, 0.4) is 0 Å². The van der Waals surface area contributed by atoms with E-state index in [4.69, 9.17) is 4.74 Å². The number of hydrogen-bond donors (Lipinski definition) is 1. The summed E-state index contributed by atoms with van der Waals surface area (Å²) in [5.41, 5.74) is 3.50. The van der Waals surface area contributed by atoms with Crippen molar-refractivity contribution < 1.29 is 9.53 Å². The molecule has 0 spiro atoms. The van der Waals surface area contributed by atoms with Gasteiger partial charge in [0.2, 0.25) is 5.91 Å². The van der Waals surface area contributed by atoms with Crippen molar-refractivity contribution >= 4 is 11.7 Å². The molecule has 2 aromatic rings. The predicted molar refractivity (Wildman–Crippen MR) is 90.1 cm³/mol. The monoisotopic (exact) mass is 324 g/mol. The Kier molecular flexibility index (Phi) is 4.02. The molecule has 24 heavy (non-hydrogen) atoms. The lowest BCUT2D eigenvalue weighted by Gasteiger charge is -2.10. The van der Waals surface area contributed by atoms with Gasteiger partial charge in [-0.3, -0.25) is 9.48 Å². The summed E-state index contributed by atoms with van der Waals surface area (Å²) in [6.07, 6.45) is 1.65. The first-order valence-corrected chi connectivity index (χ1v) is 7.94. The number of fused-ring (bicyclic) bond motifs is 1. The Morgan fingerprint density at radius 2 is 2.12 bits per heavy atom. The van der Waals surface area contributed by atoms with Crippen LogP contribution >= 0.6 is 0 Å². The van der Waals surface area contributed by atoms with E-state index in [1.54, 1.807) is 10.9 Å². The van der Waals surface area contributed by atoms with E-state index < -0.39 is 5.92 Å². The molecule has 0 saturated carbocycles. The number of ether oxygens (including phenoxy) is 1. The first-order valence-electron chi connectivity index (χ1n) is 7.94. The zero-order chi connectivity index (χ0) is 17.4. The zero-order valence-corrected chi connectivity index (χ0v) is 14.3. The molecule has 3 rings (SSSR count). The van der Waals surface area contributed by atoms with Crippen molar-refractivity contribution in [2.24, 2.45) is 0 Å². The summed E-state index contributed by atoms with van der Waals surface area (Å²) in [6, 6.07) is 6.15. The van der Waals surface area contributed by atoms with Crippen molar-refractivity contribution in [2.75, 3.05) is 11.9 Å². The van der Waals surface area contributed by atoms with E-state index in [0.717, 1.165) is 22.4 Å². The van der Waals surface area contributed by atoms with Crippen molar-refractivity contribution in [3.8, 4) is 11.8 Å². The number of aryl methyl sites for hydroxylation is 2. The molecule has 124 valence electrons. The molecule has 1 aromatic carbocycles. The number of nitrogens with one attached hydrogen (secondary N) is 1. The van der Waals surface area contributed by atoms with Gasteiger partial charge in [0.15, 0.2) is 5.82 Å². The molecule has 0 fully saturated rings. The summed E-state index contributed by atoms with van der Waals surface area (Å²) in [5.74, 6) is 0.456. The lowest BCUT2D eigenvalue weighted by molar-refractivity contribution is -0.117. The molecule has 0 unspecified atom stereocenters. The highest BCUT2D eigenvalue weighted by molar-refractivity contribution is 5.97. The van der Waals surface area contributed by atoms with E-state index in [9.17, 15) is 10.1 Å². The number of rotatable bonds is 3. The third-order valence-electron chi connectivity index (χ3n) is 4.35. The quantitative estimate of drug-likeness (QED) is 0.941. The van der Waals surface area contributed by atoms with E-state index in [1.165, 1.54) is 0 Å². The van der Waals surface area contributed by atoms with Gasteiger partial charge in [0.25, 0.3) is 0 Å². The van der Waals surface area contributed by atoms with E-state index in [-0.39, 0.29) is 11.9 Å². The minimum Gasteiger partial charge on any atom is -0.492 e. The molecule has 1 amide bonds. The van der Waals surface area contributed by atoms with E-state index in [0.29, 0.717) is 18.0 Å². The Hall–Kier alpha value is -2.81. The number of nitrogens with zero attached hydrogens (tertiary/aromatic N) is 3. The van der Waals surface area contributed by atoms with Crippen LogP contribution < -0.4 is 10.1 Å². The topological polar surface area (TPSA) is 79.9 Å². The number of carbonyl (C=O) groups excluding carboxylic acids is 1. The van der Waals surface area contributed by atoms with E-state index >= 15 is 0 Å². The van der Waals surface area contributed by atoms with E-state index in [2.05, 4.69) is 16.5 Å². The van der Waals surface area contributed by atoms with Crippen LogP contribution in [-0.2, 0) is 4.79 Å². The molecule has 1 atom stereocenters. The van der Waals surface area contributed by atoms with Crippen molar-refractivity contribution in [3.63, 3.8) is 0 Å². The van der Waals surface area contributed by atoms with Gasteiger partial charge < -0.3 is 10.1 Å². The summed E-state index contributed by atoms with van der Waals surface area (Å²) in [4.78, 5) is 12.7. The second-order valence-corrected chi connectivity index (χ2v) is 6.40. The van der Waals surface area contributed by atoms with Gasteiger partial charge in [-0.25, -0.2) is 0 Å². The van der Waals surface area contributed by atoms with Crippen LogP contribution in [0.5, 0.6) is 5.75 Å². The number of nitriles is 1. The second kappa shape index (κ2) is 6.00. The Bertz CT molecular complexity index is 845. The normalized spacial score (nSPS) is 15.8. The molecule has 0 bridgehead atoms. The van der Waals surface area contributed by atoms with Crippen molar-refractivity contribution in [3.05, 3.63) is 40.6 Å². The third kappa shape index (κ3) is 2.73. The summed E-state index contributed by atoms with van der Waals surface area (Å²) in [6.45, 7) is 8.26. The fourth-order valence-corrected chi connectivity index (χ4v) is 2.72. The van der Waals surface area contributed by atoms with Crippen molar-refractivity contribution in [1.29, 1.82) is 5.26 Å². The molecule has 1 aliphatic heterocycles. The standard InChI is InChI=1S/C18H20N4O2/c1-10(2)22-8-13(7-19)17(21-22)20-18(23)15-9-24-16-6-12(4)11(3)5-14(15)16/h5-6,8,10,15H,9H2,1-4H3,(H,20,21,23)/t15-/m0/s1. The number of hydrogen-bond acceptors (Lipinski definition) is 4. The van der Waals surface area contributed by atoms with E-state index in [1.807, 2.05) is 39.8 Å². The minimum atomic E-state index is -0.393. The molecule has 1 aliphatic rings. The van der Waals surface area contributed by atoms with Gasteiger partial charge >= 0.3 is 0 Å². The van der Waals surface area contributed by atoms with Crippen LogP contribution in [0.15, 0.2) is 18.3 Å². The largest absolute Gasteiger partial charge is 0.492 e. The lowest BCUT2D eigenvalue weighted by atomic mass is 9.96. The number of anilines is 1. The molecule has 2 heterocycles. The highest BCUT2D eigenvalue weighted by Gasteiger charge is 2.31. The maximum Gasteiger partial charge on any atom is 0.236 e. The Morgan fingerprint density at radius 3 is 2.79 bits per heavy atom. The Morgan fingerprint density at radius 1 is 1.42 bits per heavy atom. The zero-order valence-electron chi connectivity index (χ0n) is 14.3. The SMILES string of the molecule is Cc1cc2c(cc1C)[C@@H](C(=O)Nc1nn(C(C)C)cc1C#N)CO2. The fraction of sp³-hybridized carbons (Fsp3) is 0.389. The first kappa shape index (κ1) is 16.1.